The van der Waals surface area contributed by atoms with Crippen LogP contribution in [0.5, 0.6) is 0 Å². The van der Waals surface area contributed by atoms with Crippen LogP contribution in [-0.4, -0.2) is 66.3 Å². The Bertz CT molecular complexity index is 187. The lowest BCUT2D eigenvalue weighted by molar-refractivity contribution is -0.127. The largest absolute Gasteiger partial charge is 0.394 e. The molecule has 0 aromatic heterocycles. The number of ether oxygens (including phenoxy) is 1. The van der Waals surface area contributed by atoms with E-state index in [-0.39, 0.29) is 6.61 Å². The lowest BCUT2D eigenvalue weighted by Gasteiger charge is -2.29. The smallest absolute Gasteiger partial charge is 0.239 e. The highest BCUT2D eigenvalue weighted by atomic mass is 16.5. The molecule has 0 rings (SSSR count). The number of hydrogen-bond acceptors (Lipinski definition) is 6. The average Bonchev–Trinajstić information content (AvgIpc) is 2.26. The summed E-state index contributed by atoms with van der Waals surface area (Å²) in [5.74, 6) is -0.603. The molecule has 0 aliphatic heterocycles. The van der Waals surface area contributed by atoms with Crippen LogP contribution in [0.2, 0.25) is 0 Å². The molecule has 0 bridgehead atoms. The summed E-state index contributed by atoms with van der Waals surface area (Å²) in [6.45, 7) is -1.72. The predicted molar refractivity (Wildman–Crippen MR) is 52.0 cm³/mol. The quantitative estimate of drug-likeness (QED) is 0.309. The minimum absolute atomic E-state index is 0.0181. The summed E-state index contributed by atoms with van der Waals surface area (Å²) in [6.07, 6.45) is 0. The van der Waals surface area contributed by atoms with Gasteiger partial charge in [-0.1, -0.05) is 0 Å². The fraction of sp³-hybridized carbons (Fsp3) is 0.875. The van der Waals surface area contributed by atoms with Gasteiger partial charge in [0, 0.05) is 7.11 Å². The Morgan fingerprint density at radius 1 is 1.40 bits per heavy atom. The van der Waals surface area contributed by atoms with Crippen molar-refractivity contribution in [2.24, 2.45) is 5.73 Å². The van der Waals surface area contributed by atoms with E-state index in [1.165, 1.54) is 7.11 Å². The average molecular weight is 222 g/mol. The standard InChI is InChI=1S/C8H18N2O5/c1-15-2-6(9)7(14)10-8(3-11,4-12)5-13/h6,11-13H,2-5,9H2,1H3,(H,10,14). The van der Waals surface area contributed by atoms with Crippen LogP contribution in [-0.2, 0) is 9.53 Å². The molecule has 0 aromatic rings. The first-order valence-corrected chi connectivity index (χ1v) is 4.44. The summed E-state index contributed by atoms with van der Waals surface area (Å²) >= 11 is 0. The molecule has 90 valence electrons. The summed E-state index contributed by atoms with van der Waals surface area (Å²) in [5, 5.41) is 29.1. The van der Waals surface area contributed by atoms with Gasteiger partial charge in [0.05, 0.1) is 26.4 Å². The maximum Gasteiger partial charge on any atom is 0.239 e. The van der Waals surface area contributed by atoms with Gasteiger partial charge in [0.25, 0.3) is 0 Å². The Morgan fingerprint density at radius 3 is 2.20 bits per heavy atom. The molecule has 0 aromatic carbocycles. The third kappa shape index (κ3) is 4.10. The summed E-state index contributed by atoms with van der Waals surface area (Å²) in [6, 6.07) is -0.904. The van der Waals surface area contributed by atoms with Gasteiger partial charge in [0.2, 0.25) is 5.91 Å². The van der Waals surface area contributed by atoms with Gasteiger partial charge in [-0.3, -0.25) is 4.79 Å². The molecule has 0 aliphatic rings. The van der Waals surface area contributed by atoms with Gasteiger partial charge in [0.1, 0.15) is 11.6 Å². The molecule has 0 radical (unpaired) electrons. The summed E-state index contributed by atoms with van der Waals surface area (Å²) in [4.78, 5) is 11.4. The maximum absolute atomic E-state index is 11.4. The second-order valence-electron chi connectivity index (χ2n) is 3.31. The third-order valence-electron chi connectivity index (χ3n) is 1.98. The Morgan fingerprint density at radius 2 is 1.87 bits per heavy atom. The van der Waals surface area contributed by atoms with Gasteiger partial charge in [-0.15, -0.1) is 0 Å². The molecule has 15 heavy (non-hydrogen) atoms. The number of amides is 1. The summed E-state index contributed by atoms with van der Waals surface area (Å²) in [5.41, 5.74) is 3.98. The number of carbonyl (C=O) groups excluding carboxylic acids is 1. The molecule has 0 saturated heterocycles. The monoisotopic (exact) mass is 222 g/mol. The number of rotatable bonds is 7. The molecular weight excluding hydrogens is 204 g/mol. The van der Waals surface area contributed by atoms with E-state index in [9.17, 15) is 4.79 Å². The molecule has 0 saturated carbocycles. The van der Waals surface area contributed by atoms with Crippen LogP contribution in [0.25, 0.3) is 0 Å². The second kappa shape index (κ2) is 6.70. The summed E-state index contributed by atoms with van der Waals surface area (Å²) < 4.78 is 4.67. The van der Waals surface area contributed by atoms with Gasteiger partial charge in [-0.25, -0.2) is 0 Å². The molecule has 0 heterocycles. The highest BCUT2D eigenvalue weighted by molar-refractivity contribution is 5.82. The first-order valence-electron chi connectivity index (χ1n) is 4.44. The zero-order chi connectivity index (χ0) is 11.9. The fourth-order valence-electron chi connectivity index (χ4n) is 0.878. The Balaban J connectivity index is 4.34. The molecule has 7 heteroatoms. The van der Waals surface area contributed by atoms with Crippen molar-refractivity contribution in [3.8, 4) is 0 Å². The number of nitrogens with one attached hydrogen (secondary N) is 1. The molecule has 1 atom stereocenters. The van der Waals surface area contributed by atoms with Crippen LogP contribution in [0.3, 0.4) is 0 Å². The highest BCUT2D eigenvalue weighted by Crippen LogP contribution is 2.01. The van der Waals surface area contributed by atoms with E-state index < -0.39 is 37.3 Å². The highest BCUT2D eigenvalue weighted by Gasteiger charge is 2.31. The van der Waals surface area contributed by atoms with E-state index in [0.29, 0.717) is 0 Å². The van der Waals surface area contributed by atoms with Gasteiger partial charge in [-0.2, -0.15) is 0 Å². The number of aliphatic hydroxyl groups is 3. The van der Waals surface area contributed by atoms with Crippen molar-refractivity contribution in [2.45, 2.75) is 11.6 Å². The van der Waals surface area contributed by atoms with Crippen molar-refractivity contribution in [3.05, 3.63) is 0 Å². The zero-order valence-corrected chi connectivity index (χ0v) is 8.64. The number of nitrogens with two attached hydrogens (primary N) is 1. The van der Waals surface area contributed by atoms with Crippen LogP contribution < -0.4 is 11.1 Å². The van der Waals surface area contributed by atoms with Crippen LogP contribution >= 0.6 is 0 Å². The predicted octanol–water partition coefficient (Wildman–Crippen LogP) is -3.21. The molecule has 1 amide bonds. The van der Waals surface area contributed by atoms with Crippen molar-refractivity contribution in [2.75, 3.05) is 33.5 Å². The third-order valence-corrected chi connectivity index (χ3v) is 1.98. The van der Waals surface area contributed by atoms with E-state index in [0.717, 1.165) is 0 Å². The molecule has 0 aliphatic carbocycles. The topological polar surface area (TPSA) is 125 Å². The SMILES string of the molecule is COCC(N)C(=O)NC(CO)(CO)CO. The van der Waals surface area contributed by atoms with Crippen molar-refractivity contribution in [1.82, 2.24) is 5.32 Å². The number of carbonyl (C=O) groups is 1. The Hall–Kier alpha value is -0.730. The molecule has 1 unspecified atom stereocenters. The van der Waals surface area contributed by atoms with Crippen LogP contribution in [0.1, 0.15) is 0 Å². The van der Waals surface area contributed by atoms with Crippen molar-refractivity contribution in [1.29, 1.82) is 0 Å². The molecular formula is C8H18N2O5. The van der Waals surface area contributed by atoms with Crippen molar-refractivity contribution >= 4 is 5.91 Å². The lowest BCUT2D eigenvalue weighted by atomic mass is 10.0. The van der Waals surface area contributed by atoms with E-state index in [2.05, 4.69) is 10.1 Å². The number of hydrogen-bond donors (Lipinski definition) is 5. The van der Waals surface area contributed by atoms with E-state index in [4.69, 9.17) is 21.1 Å². The summed E-state index contributed by atoms with van der Waals surface area (Å²) in [7, 11) is 1.39. The maximum atomic E-state index is 11.4. The minimum atomic E-state index is -1.44. The Labute approximate surface area is 87.8 Å². The zero-order valence-electron chi connectivity index (χ0n) is 8.64. The lowest BCUT2D eigenvalue weighted by Crippen LogP contribution is -2.60. The van der Waals surface area contributed by atoms with Gasteiger partial charge in [-0.05, 0) is 0 Å². The second-order valence-corrected chi connectivity index (χ2v) is 3.31. The molecule has 0 spiro atoms. The first-order chi connectivity index (χ1) is 7.05. The van der Waals surface area contributed by atoms with E-state index >= 15 is 0 Å². The van der Waals surface area contributed by atoms with Crippen molar-refractivity contribution < 1.29 is 24.9 Å². The number of methoxy groups -OCH3 is 1. The molecule has 6 N–H and O–H groups in total. The van der Waals surface area contributed by atoms with Crippen LogP contribution in [0, 0.1) is 0 Å². The fourth-order valence-corrected chi connectivity index (χ4v) is 0.878. The van der Waals surface area contributed by atoms with E-state index in [1.807, 2.05) is 0 Å². The minimum Gasteiger partial charge on any atom is -0.394 e. The normalized spacial score (nSPS) is 13.7. The van der Waals surface area contributed by atoms with Crippen LogP contribution in [0.4, 0.5) is 0 Å². The van der Waals surface area contributed by atoms with E-state index in [1.54, 1.807) is 0 Å². The van der Waals surface area contributed by atoms with Crippen molar-refractivity contribution in [3.63, 3.8) is 0 Å². The molecule has 7 nitrogen and oxygen atoms in total. The van der Waals surface area contributed by atoms with Gasteiger partial charge in [0.15, 0.2) is 0 Å². The van der Waals surface area contributed by atoms with Gasteiger partial charge >= 0.3 is 0 Å². The first kappa shape index (κ1) is 14.3. The number of aliphatic hydroxyl groups excluding tert-OH is 3. The van der Waals surface area contributed by atoms with Gasteiger partial charge < -0.3 is 31.1 Å². The molecule has 0 fully saturated rings. The van der Waals surface area contributed by atoms with Crippen LogP contribution in [0.15, 0.2) is 0 Å². The Kier molecular flexibility index (Phi) is 6.37.